The number of amides is 3. The van der Waals surface area contributed by atoms with Crippen molar-refractivity contribution in [3.63, 3.8) is 0 Å². The Kier molecular flexibility index (Phi) is 6.57. The molecule has 2 aliphatic carbocycles. The minimum absolute atomic E-state index is 0.0743. The number of nitrogens with zero attached hydrogens (tertiary/aromatic N) is 5. The van der Waals surface area contributed by atoms with Gasteiger partial charge in [-0.1, -0.05) is 0 Å². The highest BCUT2D eigenvalue weighted by molar-refractivity contribution is 6.03. The van der Waals surface area contributed by atoms with E-state index in [0.29, 0.717) is 23.2 Å². The molecule has 3 aromatic heterocycles. The Morgan fingerprint density at radius 3 is 2.39 bits per heavy atom. The second-order valence-corrected chi connectivity index (χ2v) is 9.60. The van der Waals surface area contributed by atoms with Crippen molar-refractivity contribution in [1.29, 1.82) is 0 Å². The van der Waals surface area contributed by atoms with Crippen molar-refractivity contribution < 1.29 is 14.0 Å². The summed E-state index contributed by atoms with van der Waals surface area (Å²) in [6, 6.07) is 5.25. The highest BCUT2D eigenvalue weighted by Gasteiger charge is 2.26. The molecule has 2 fully saturated rings. The zero-order valence-corrected chi connectivity index (χ0v) is 20.3. The van der Waals surface area contributed by atoms with Crippen LogP contribution < -0.4 is 21.3 Å². The number of fused-ring (bicyclic) bond motifs is 1. The van der Waals surface area contributed by atoms with Crippen LogP contribution in [-0.4, -0.2) is 68.6 Å². The molecule has 0 atom stereocenters. The van der Waals surface area contributed by atoms with Crippen molar-refractivity contribution >= 4 is 34.8 Å². The summed E-state index contributed by atoms with van der Waals surface area (Å²) in [6.07, 6.45) is 8.43. The van der Waals surface area contributed by atoms with Gasteiger partial charge in [0.2, 0.25) is 5.95 Å². The Balaban J connectivity index is 1.33. The van der Waals surface area contributed by atoms with Gasteiger partial charge in [-0.15, -0.1) is 5.10 Å². The number of pyridine rings is 1. The van der Waals surface area contributed by atoms with Crippen LogP contribution in [-0.2, 0) is 0 Å². The van der Waals surface area contributed by atoms with Crippen LogP contribution in [0.4, 0.5) is 26.4 Å². The van der Waals surface area contributed by atoms with Gasteiger partial charge in [0.05, 0.1) is 11.9 Å². The predicted octanol–water partition coefficient (Wildman–Crippen LogP) is 3.08. The van der Waals surface area contributed by atoms with E-state index in [1.54, 1.807) is 19.0 Å². The van der Waals surface area contributed by atoms with E-state index in [-0.39, 0.29) is 23.8 Å². The number of nitrogens with one attached hydrogen (secondary N) is 4. The van der Waals surface area contributed by atoms with Crippen LogP contribution >= 0.6 is 0 Å². The van der Waals surface area contributed by atoms with Crippen LogP contribution in [0, 0.1) is 5.95 Å². The minimum Gasteiger partial charge on any atom is -0.379 e. The molecule has 0 bridgehead atoms. The molecule has 0 unspecified atom stereocenters. The average molecular weight is 496 g/mol. The van der Waals surface area contributed by atoms with Gasteiger partial charge in [-0.05, 0) is 44.6 Å². The molecule has 0 spiro atoms. The molecule has 3 amide bonds. The molecule has 3 aromatic rings. The number of carbonyl (C=O) groups excluding carboxylic acids is 2. The van der Waals surface area contributed by atoms with Gasteiger partial charge in [0, 0.05) is 56.2 Å². The molecular formula is C24H30FN9O2. The molecule has 2 aliphatic rings. The third-order valence-electron chi connectivity index (χ3n) is 6.43. The van der Waals surface area contributed by atoms with E-state index in [2.05, 4.69) is 36.3 Å². The van der Waals surface area contributed by atoms with Crippen LogP contribution in [0.2, 0.25) is 0 Å². The van der Waals surface area contributed by atoms with Gasteiger partial charge in [-0.2, -0.15) is 4.39 Å². The SMILES string of the molecule is CN(C)C(=O)N[C@H]1CC[C@H](Nc2cc(NC3CC3)c3ncc(C(=O)Nc4ccnc(F)c4)n3n2)CC1. The highest BCUT2D eigenvalue weighted by atomic mass is 19.1. The monoisotopic (exact) mass is 495 g/mol. The first-order valence-electron chi connectivity index (χ1n) is 12.2. The van der Waals surface area contributed by atoms with E-state index in [4.69, 9.17) is 0 Å². The molecule has 0 aliphatic heterocycles. The largest absolute Gasteiger partial charge is 0.379 e. The summed E-state index contributed by atoms with van der Waals surface area (Å²) in [5.41, 5.74) is 1.88. The lowest BCUT2D eigenvalue weighted by atomic mass is 9.91. The van der Waals surface area contributed by atoms with Crippen LogP contribution in [0.3, 0.4) is 0 Å². The summed E-state index contributed by atoms with van der Waals surface area (Å²) in [5.74, 6) is -0.497. The van der Waals surface area contributed by atoms with E-state index in [1.807, 2.05) is 6.07 Å². The molecular weight excluding hydrogens is 465 g/mol. The van der Waals surface area contributed by atoms with Crippen molar-refractivity contribution in [2.24, 2.45) is 0 Å². The number of hydrogen-bond donors (Lipinski definition) is 4. The molecule has 12 heteroatoms. The topological polar surface area (TPSA) is 129 Å². The number of imidazole rings is 1. The van der Waals surface area contributed by atoms with Crippen molar-refractivity contribution in [2.75, 3.05) is 30.0 Å². The van der Waals surface area contributed by atoms with Gasteiger partial charge in [-0.3, -0.25) is 4.79 Å². The van der Waals surface area contributed by atoms with Crippen LogP contribution in [0.15, 0.2) is 30.6 Å². The molecule has 0 radical (unpaired) electrons. The third-order valence-corrected chi connectivity index (χ3v) is 6.43. The lowest BCUT2D eigenvalue weighted by molar-refractivity contribution is 0.102. The second kappa shape index (κ2) is 9.96. The maximum Gasteiger partial charge on any atom is 0.317 e. The van der Waals surface area contributed by atoms with Crippen molar-refractivity contribution in [3.8, 4) is 0 Å². The Hall–Kier alpha value is -3.96. The summed E-state index contributed by atoms with van der Waals surface area (Å²) >= 11 is 0. The van der Waals surface area contributed by atoms with Crippen LogP contribution in [0.25, 0.3) is 5.65 Å². The maximum absolute atomic E-state index is 13.5. The lowest BCUT2D eigenvalue weighted by Crippen LogP contribution is -2.44. The summed E-state index contributed by atoms with van der Waals surface area (Å²) in [5, 5.41) is 17.4. The number of carbonyl (C=O) groups is 2. The van der Waals surface area contributed by atoms with E-state index in [9.17, 15) is 14.0 Å². The van der Waals surface area contributed by atoms with Gasteiger partial charge in [-0.25, -0.2) is 19.3 Å². The first-order valence-corrected chi connectivity index (χ1v) is 12.2. The molecule has 2 saturated carbocycles. The van der Waals surface area contributed by atoms with E-state index < -0.39 is 11.9 Å². The fraction of sp³-hybridized carbons (Fsp3) is 0.458. The molecule has 0 saturated heterocycles. The van der Waals surface area contributed by atoms with Crippen molar-refractivity contribution in [2.45, 2.75) is 56.7 Å². The quantitative estimate of drug-likeness (QED) is 0.371. The Labute approximate surface area is 207 Å². The first kappa shape index (κ1) is 23.8. The summed E-state index contributed by atoms with van der Waals surface area (Å²) in [7, 11) is 3.47. The van der Waals surface area contributed by atoms with Crippen molar-refractivity contribution in [1.82, 2.24) is 29.8 Å². The second-order valence-electron chi connectivity index (χ2n) is 9.60. The third kappa shape index (κ3) is 5.47. The minimum atomic E-state index is -0.678. The van der Waals surface area contributed by atoms with Gasteiger partial charge in [0.25, 0.3) is 5.91 Å². The predicted molar refractivity (Wildman–Crippen MR) is 134 cm³/mol. The standard InChI is InChI=1S/C24H30FN9O2/c1-33(2)24(36)31-16-7-5-15(6-8-16)29-21-12-18(28-14-3-4-14)22-27-13-19(34(22)32-21)23(35)30-17-9-10-26-20(25)11-17/h9-16,28H,3-8H2,1-2H3,(H,29,32)(H,31,36)(H,26,30,35)/t15-,16-. The van der Waals surface area contributed by atoms with Crippen LogP contribution in [0.1, 0.15) is 49.0 Å². The first-order chi connectivity index (χ1) is 17.4. The normalized spacial score (nSPS) is 19.5. The van der Waals surface area contributed by atoms with Crippen molar-refractivity contribution in [3.05, 3.63) is 42.2 Å². The number of hydrogen-bond acceptors (Lipinski definition) is 7. The summed E-state index contributed by atoms with van der Waals surface area (Å²) in [6.45, 7) is 0. The van der Waals surface area contributed by atoms with Gasteiger partial charge >= 0.3 is 6.03 Å². The smallest absolute Gasteiger partial charge is 0.317 e. The number of halogens is 1. The number of anilines is 3. The summed E-state index contributed by atoms with van der Waals surface area (Å²) < 4.78 is 15.0. The fourth-order valence-electron chi connectivity index (χ4n) is 4.32. The van der Waals surface area contributed by atoms with E-state index in [1.165, 1.54) is 23.0 Å². The zero-order chi connectivity index (χ0) is 25.2. The Bertz CT molecular complexity index is 1270. The molecule has 11 nitrogen and oxygen atoms in total. The van der Waals surface area contributed by atoms with E-state index >= 15 is 0 Å². The van der Waals surface area contributed by atoms with Gasteiger partial charge < -0.3 is 26.2 Å². The van der Waals surface area contributed by atoms with Crippen LogP contribution in [0.5, 0.6) is 0 Å². The molecule has 3 heterocycles. The Morgan fingerprint density at radius 1 is 1.00 bits per heavy atom. The highest BCUT2D eigenvalue weighted by Crippen LogP contribution is 2.30. The number of urea groups is 1. The molecule has 5 rings (SSSR count). The lowest BCUT2D eigenvalue weighted by Gasteiger charge is -2.30. The molecule has 4 N–H and O–H groups in total. The fourth-order valence-corrected chi connectivity index (χ4v) is 4.32. The number of aromatic nitrogens is 4. The number of rotatable bonds is 7. The van der Waals surface area contributed by atoms with E-state index in [0.717, 1.165) is 50.3 Å². The molecule has 190 valence electrons. The Morgan fingerprint density at radius 2 is 1.69 bits per heavy atom. The molecule has 36 heavy (non-hydrogen) atoms. The maximum atomic E-state index is 13.5. The van der Waals surface area contributed by atoms with Gasteiger partial charge in [0.1, 0.15) is 5.82 Å². The summed E-state index contributed by atoms with van der Waals surface area (Å²) in [4.78, 5) is 34.4. The zero-order valence-electron chi connectivity index (χ0n) is 20.3. The van der Waals surface area contributed by atoms with Gasteiger partial charge in [0.15, 0.2) is 11.3 Å². The molecule has 0 aromatic carbocycles. The average Bonchev–Trinajstić information content (AvgIpc) is 3.55.